The van der Waals surface area contributed by atoms with Gasteiger partial charge in [-0.1, -0.05) is 18.6 Å². The highest BCUT2D eigenvalue weighted by molar-refractivity contribution is 5.92. The Bertz CT molecular complexity index is 942. The molecule has 6 nitrogen and oxygen atoms in total. The second-order valence-electron chi connectivity index (χ2n) is 6.51. The van der Waals surface area contributed by atoms with Crippen molar-refractivity contribution >= 4 is 21.9 Å². The Labute approximate surface area is 147 Å². The van der Waals surface area contributed by atoms with Gasteiger partial charge in [0.25, 0.3) is 0 Å². The number of aliphatic hydroxyl groups excluding tert-OH is 1. The molecule has 0 unspecified atom stereocenters. The molecule has 0 radical (unpaired) electrons. The number of pyridine rings is 1. The summed E-state index contributed by atoms with van der Waals surface area (Å²) >= 11 is 0. The highest BCUT2D eigenvalue weighted by atomic mass is 16.3. The molecule has 25 heavy (non-hydrogen) atoms. The van der Waals surface area contributed by atoms with Crippen LogP contribution in [0.4, 0.5) is 0 Å². The predicted molar refractivity (Wildman–Crippen MR) is 101 cm³/mol. The van der Waals surface area contributed by atoms with E-state index in [1.54, 1.807) is 10.9 Å². The van der Waals surface area contributed by atoms with Gasteiger partial charge in [-0.3, -0.25) is 9.48 Å². The maximum absolute atomic E-state index is 12.9. The van der Waals surface area contributed by atoms with Crippen molar-refractivity contribution in [2.75, 3.05) is 26.2 Å². The number of likely N-dealkylation sites (N-methyl/N-ethyl adjacent to an activating group) is 1. The molecule has 0 saturated carbocycles. The number of hydrogen-bond acceptors (Lipinski definition) is 4. The van der Waals surface area contributed by atoms with E-state index in [9.17, 15) is 4.79 Å². The summed E-state index contributed by atoms with van der Waals surface area (Å²) in [6.45, 7) is 7.64. The summed E-state index contributed by atoms with van der Waals surface area (Å²) < 4.78 is 3.87. The highest BCUT2D eigenvalue weighted by Crippen LogP contribution is 2.20. The zero-order valence-corrected chi connectivity index (χ0v) is 15.2. The lowest BCUT2D eigenvalue weighted by molar-refractivity contribution is 0.199. The van der Waals surface area contributed by atoms with Gasteiger partial charge in [0.2, 0.25) is 5.43 Å². The number of nitrogens with zero attached hydrogens (tertiary/aromatic N) is 4. The molecule has 2 heterocycles. The molecule has 3 aromatic rings. The largest absolute Gasteiger partial charge is 0.395 e. The number of hydrogen-bond donors (Lipinski definition) is 1. The van der Waals surface area contributed by atoms with Crippen molar-refractivity contribution in [1.29, 1.82) is 0 Å². The third-order valence-corrected chi connectivity index (χ3v) is 4.83. The molecule has 0 aliphatic rings. The second kappa shape index (κ2) is 7.37. The van der Waals surface area contributed by atoms with Crippen molar-refractivity contribution in [2.45, 2.75) is 26.8 Å². The minimum absolute atomic E-state index is 0.0421. The Balaban J connectivity index is 2.03. The maximum atomic E-state index is 12.9. The molecule has 0 aliphatic carbocycles. The fourth-order valence-electron chi connectivity index (χ4n) is 3.47. The highest BCUT2D eigenvalue weighted by Gasteiger charge is 2.14. The number of fused-ring (bicyclic) bond motifs is 2. The summed E-state index contributed by atoms with van der Waals surface area (Å²) in [6.07, 6.45) is 2.73. The van der Waals surface area contributed by atoms with Crippen LogP contribution in [0.3, 0.4) is 0 Å². The van der Waals surface area contributed by atoms with Gasteiger partial charge in [-0.25, -0.2) is 0 Å². The summed E-state index contributed by atoms with van der Waals surface area (Å²) in [6, 6.07) is 6.04. The van der Waals surface area contributed by atoms with Crippen molar-refractivity contribution < 1.29 is 5.11 Å². The van der Waals surface area contributed by atoms with E-state index in [-0.39, 0.29) is 12.0 Å². The van der Waals surface area contributed by atoms with E-state index in [1.165, 1.54) is 0 Å². The van der Waals surface area contributed by atoms with Gasteiger partial charge in [0.15, 0.2) is 0 Å². The Morgan fingerprint density at radius 1 is 1.24 bits per heavy atom. The lowest BCUT2D eigenvalue weighted by Gasteiger charge is -2.20. The van der Waals surface area contributed by atoms with Gasteiger partial charge in [0.05, 0.1) is 23.8 Å². The van der Waals surface area contributed by atoms with Crippen LogP contribution in [0.1, 0.15) is 18.9 Å². The SMILES string of the molecule is CCN(CCO)CCCn1c2ccc(C)cc2c(=O)c2c1cnn2C. The van der Waals surface area contributed by atoms with Gasteiger partial charge in [-0.15, -0.1) is 0 Å². The Hall–Kier alpha value is -2.18. The molecule has 0 bridgehead atoms. The van der Waals surface area contributed by atoms with Crippen LogP contribution >= 0.6 is 0 Å². The van der Waals surface area contributed by atoms with E-state index in [0.717, 1.165) is 48.0 Å². The quantitative estimate of drug-likeness (QED) is 0.712. The van der Waals surface area contributed by atoms with Crippen LogP contribution in [0.25, 0.3) is 21.9 Å². The summed E-state index contributed by atoms with van der Waals surface area (Å²) in [5, 5.41) is 14.2. The van der Waals surface area contributed by atoms with Crippen LogP contribution in [0.5, 0.6) is 0 Å². The summed E-state index contributed by atoms with van der Waals surface area (Å²) in [5.74, 6) is 0. The molecule has 3 rings (SSSR count). The Morgan fingerprint density at radius 3 is 2.76 bits per heavy atom. The first-order valence-electron chi connectivity index (χ1n) is 8.85. The average Bonchev–Trinajstić information content (AvgIpc) is 2.99. The molecule has 0 spiro atoms. The monoisotopic (exact) mass is 342 g/mol. The van der Waals surface area contributed by atoms with Gasteiger partial charge in [0, 0.05) is 25.5 Å². The summed E-state index contributed by atoms with van der Waals surface area (Å²) in [7, 11) is 1.82. The number of aliphatic hydroxyl groups is 1. The minimum Gasteiger partial charge on any atom is -0.395 e. The fraction of sp³-hybridized carbons (Fsp3) is 0.474. The summed E-state index contributed by atoms with van der Waals surface area (Å²) in [4.78, 5) is 15.1. The molecular formula is C19H26N4O2. The Kier molecular flexibility index (Phi) is 5.20. The zero-order chi connectivity index (χ0) is 18.0. The third kappa shape index (κ3) is 3.32. The van der Waals surface area contributed by atoms with Crippen LogP contribution < -0.4 is 5.43 Å². The number of aromatic nitrogens is 3. The normalized spacial score (nSPS) is 11.9. The van der Waals surface area contributed by atoms with Gasteiger partial charge >= 0.3 is 0 Å². The van der Waals surface area contributed by atoms with E-state index < -0.39 is 0 Å². The van der Waals surface area contributed by atoms with Gasteiger partial charge in [0.1, 0.15) is 5.52 Å². The third-order valence-electron chi connectivity index (χ3n) is 4.83. The molecule has 134 valence electrons. The average molecular weight is 342 g/mol. The first-order chi connectivity index (χ1) is 12.1. The van der Waals surface area contributed by atoms with E-state index in [1.807, 2.05) is 32.2 Å². The van der Waals surface area contributed by atoms with Crippen molar-refractivity contribution in [3.63, 3.8) is 0 Å². The predicted octanol–water partition coefficient (Wildman–Crippen LogP) is 1.90. The molecule has 0 atom stereocenters. The smallest absolute Gasteiger partial charge is 0.215 e. The zero-order valence-electron chi connectivity index (χ0n) is 15.2. The van der Waals surface area contributed by atoms with Crippen LogP contribution in [-0.4, -0.2) is 50.6 Å². The first-order valence-corrected chi connectivity index (χ1v) is 8.85. The van der Waals surface area contributed by atoms with Gasteiger partial charge in [-0.05, 0) is 38.6 Å². The van der Waals surface area contributed by atoms with E-state index >= 15 is 0 Å². The topological polar surface area (TPSA) is 63.3 Å². The molecule has 1 N–H and O–H groups in total. The number of rotatable bonds is 7. The van der Waals surface area contributed by atoms with Crippen LogP contribution in [0, 0.1) is 6.92 Å². The second-order valence-corrected chi connectivity index (χ2v) is 6.51. The lowest BCUT2D eigenvalue weighted by atomic mass is 10.1. The molecule has 0 aliphatic heterocycles. The van der Waals surface area contributed by atoms with Gasteiger partial charge < -0.3 is 14.6 Å². The van der Waals surface area contributed by atoms with Gasteiger partial charge in [-0.2, -0.15) is 5.10 Å². The summed E-state index contributed by atoms with van der Waals surface area (Å²) in [5.41, 5.74) is 3.62. The number of benzene rings is 1. The van der Waals surface area contributed by atoms with E-state index in [4.69, 9.17) is 5.11 Å². The minimum atomic E-state index is 0.0421. The molecular weight excluding hydrogens is 316 g/mol. The maximum Gasteiger partial charge on any atom is 0.215 e. The molecule has 2 aromatic heterocycles. The van der Waals surface area contributed by atoms with Crippen LogP contribution in [0.15, 0.2) is 29.2 Å². The molecule has 6 heteroatoms. The number of aryl methyl sites for hydroxylation is 3. The first kappa shape index (κ1) is 17.6. The fourth-order valence-corrected chi connectivity index (χ4v) is 3.47. The standard InChI is InChI=1S/C19H26N4O2/c1-4-22(10-11-24)8-5-9-23-16-7-6-14(2)12-15(16)19(25)18-17(23)13-20-21(18)3/h6-7,12-13,24H,4-5,8-11H2,1-3H3. The lowest BCUT2D eigenvalue weighted by Crippen LogP contribution is -2.28. The molecule has 0 amide bonds. The molecule has 0 saturated heterocycles. The van der Waals surface area contributed by atoms with Crippen molar-refractivity contribution in [3.8, 4) is 0 Å². The van der Waals surface area contributed by atoms with Crippen LogP contribution in [0.2, 0.25) is 0 Å². The van der Waals surface area contributed by atoms with Crippen molar-refractivity contribution in [3.05, 3.63) is 40.2 Å². The van der Waals surface area contributed by atoms with Crippen LogP contribution in [-0.2, 0) is 13.6 Å². The van der Waals surface area contributed by atoms with Crippen molar-refractivity contribution in [1.82, 2.24) is 19.2 Å². The molecule has 1 aromatic carbocycles. The Morgan fingerprint density at radius 2 is 2.04 bits per heavy atom. The van der Waals surface area contributed by atoms with Crippen molar-refractivity contribution in [2.24, 2.45) is 7.05 Å². The van der Waals surface area contributed by atoms with E-state index in [2.05, 4.69) is 21.5 Å². The van der Waals surface area contributed by atoms with E-state index in [0.29, 0.717) is 12.1 Å². The molecule has 0 fully saturated rings.